The quantitative estimate of drug-likeness (QED) is 0.536. The van der Waals surface area contributed by atoms with E-state index >= 15 is 0 Å². The summed E-state index contributed by atoms with van der Waals surface area (Å²) in [6.07, 6.45) is 8.44. The van der Waals surface area contributed by atoms with Gasteiger partial charge in [0.25, 0.3) is 0 Å². The number of nitrogens with one attached hydrogen (secondary N) is 1. The van der Waals surface area contributed by atoms with Gasteiger partial charge in [0.1, 0.15) is 5.82 Å². The number of piperazine rings is 1. The summed E-state index contributed by atoms with van der Waals surface area (Å²) in [5.74, 6) is 1.27. The topological polar surface area (TPSA) is 74.5 Å². The molecule has 1 N–H and O–H groups in total. The number of halogens is 1. The fourth-order valence-electron chi connectivity index (χ4n) is 3.36. The SMILES string of the molecule is CN=C(NCc1ccc(-n2ccnc2)c(F)c1)N1CCN(c2ncccn2)CC1. The number of anilines is 1. The smallest absolute Gasteiger partial charge is 0.225 e. The van der Waals surface area contributed by atoms with Crippen molar-refractivity contribution in [2.45, 2.75) is 6.54 Å². The lowest BCUT2D eigenvalue weighted by Gasteiger charge is -2.36. The van der Waals surface area contributed by atoms with Crippen LogP contribution in [0.5, 0.6) is 0 Å². The molecule has 1 aliphatic heterocycles. The van der Waals surface area contributed by atoms with Gasteiger partial charge in [0.15, 0.2) is 5.96 Å². The van der Waals surface area contributed by atoms with Crippen molar-refractivity contribution in [3.63, 3.8) is 0 Å². The van der Waals surface area contributed by atoms with Crippen molar-refractivity contribution in [2.24, 2.45) is 4.99 Å². The van der Waals surface area contributed by atoms with Crippen LogP contribution in [0.25, 0.3) is 5.69 Å². The monoisotopic (exact) mass is 394 g/mol. The number of nitrogens with zero attached hydrogens (tertiary/aromatic N) is 7. The molecule has 2 aromatic heterocycles. The second-order valence-electron chi connectivity index (χ2n) is 6.68. The third kappa shape index (κ3) is 4.34. The van der Waals surface area contributed by atoms with Gasteiger partial charge in [0.05, 0.1) is 12.0 Å². The Labute approximate surface area is 168 Å². The summed E-state index contributed by atoms with van der Waals surface area (Å²) in [6.45, 7) is 3.76. The van der Waals surface area contributed by atoms with Gasteiger partial charge in [-0.3, -0.25) is 4.99 Å². The van der Waals surface area contributed by atoms with E-state index in [1.807, 2.05) is 12.1 Å². The summed E-state index contributed by atoms with van der Waals surface area (Å²) in [5.41, 5.74) is 1.33. The number of hydrogen-bond donors (Lipinski definition) is 1. The molecule has 1 aliphatic rings. The first-order valence-electron chi connectivity index (χ1n) is 9.49. The van der Waals surface area contributed by atoms with E-state index in [9.17, 15) is 4.39 Å². The summed E-state index contributed by atoms with van der Waals surface area (Å²) >= 11 is 0. The molecule has 29 heavy (non-hydrogen) atoms. The Kier molecular flexibility index (Phi) is 5.64. The van der Waals surface area contributed by atoms with Gasteiger partial charge in [0.2, 0.25) is 5.95 Å². The third-order valence-electron chi connectivity index (χ3n) is 4.87. The fraction of sp³-hybridized carbons (Fsp3) is 0.300. The van der Waals surface area contributed by atoms with Gasteiger partial charge in [-0.25, -0.2) is 19.3 Å². The normalized spacial score (nSPS) is 14.9. The van der Waals surface area contributed by atoms with Crippen LogP contribution in [0.2, 0.25) is 0 Å². The number of benzene rings is 1. The van der Waals surface area contributed by atoms with E-state index in [0.29, 0.717) is 12.2 Å². The highest BCUT2D eigenvalue weighted by molar-refractivity contribution is 5.80. The first kappa shape index (κ1) is 18.9. The van der Waals surface area contributed by atoms with E-state index in [2.05, 4.69) is 35.1 Å². The second-order valence-corrected chi connectivity index (χ2v) is 6.68. The van der Waals surface area contributed by atoms with E-state index < -0.39 is 0 Å². The summed E-state index contributed by atoms with van der Waals surface area (Å²) in [5, 5.41) is 3.33. The average molecular weight is 394 g/mol. The molecule has 0 atom stereocenters. The number of aliphatic imine (C=N–C) groups is 1. The van der Waals surface area contributed by atoms with Crippen LogP contribution in [0.3, 0.4) is 0 Å². The van der Waals surface area contributed by atoms with Crippen molar-refractivity contribution >= 4 is 11.9 Å². The van der Waals surface area contributed by atoms with E-state index in [-0.39, 0.29) is 5.82 Å². The van der Waals surface area contributed by atoms with Crippen LogP contribution in [0.1, 0.15) is 5.56 Å². The molecule has 0 bridgehead atoms. The zero-order chi connectivity index (χ0) is 20.1. The Morgan fingerprint density at radius 2 is 1.93 bits per heavy atom. The van der Waals surface area contributed by atoms with Crippen LogP contribution in [0.15, 0.2) is 60.4 Å². The number of aromatic nitrogens is 4. The molecular weight excluding hydrogens is 371 g/mol. The molecule has 150 valence electrons. The van der Waals surface area contributed by atoms with Crippen molar-refractivity contribution in [3.05, 3.63) is 66.8 Å². The highest BCUT2D eigenvalue weighted by atomic mass is 19.1. The molecule has 1 fully saturated rings. The molecule has 1 saturated heterocycles. The maximum Gasteiger partial charge on any atom is 0.225 e. The maximum absolute atomic E-state index is 14.4. The zero-order valence-electron chi connectivity index (χ0n) is 16.2. The summed E-state index contributed by atoms with van der Waals surface area (Å²) in [6, 6.07) is 7.02. The molecule has 3 aromatic rings. The van der Waals surface area contributed by atoms with Crippen molar-refractivity contribution in [1.82, 2.24) is 29.7 Å². The zero-order valence-corrected chi connectivity index (χ0v) is 16.2. The molecule has 0 saturated carbocycles. The molecule has 0 unspecified atom stereocenters. The maximum atomic E-state index is 14.4. The van der Waals surface area contributed by atoms with Gasteiger partial charge in [-0.1, -0.05) is 6.07 Å². The van der Waals surface area contributed by atoms with Crippen LogP contribution >= 0.6 is 0 Å². The minimum Gasteiger partial charge on any atom is -0.352 e. The highest BCUT2D eigenvalue weighted by Gasteiger charge is 2.21. The van der Waals surface area contributed by atoms with E-state index in [1.54, 1.807) is 54.9 Å². The summed E-state index contributed by atoms with van der Waals surface area (Å²) < 4.78 is 16.1. The minimum absolute atomic E-state index is 0.284. The van der Waals surface area contributed by atoms with Gasteiger partial charge >= 0.3 is 0 Å². The standard InChI is InChI=1S/C20H23FN8/c1-22-19(27-9-11-28(12-10-27)20-24-5-2-6-25-20)26-14-16-3-4-18(17(21)13-16)29-8-7-23-15-29/h2-8,13,15H,9-12,14H2,1H3,(H,22,26). The van der Waals surface area contributed by atoms with Crippen molar-refractivity contribution in [3.8, 4) is 5.69 Å². The Balaban J connectivity index is 1.34. The largest absolute Gasteiger partial charge is 0.352 e. The predicted octanol–water partition coefficient (Wildman–Crippen LogP) is 1.70. The first-order valence-corrected chi connectivity index (χ1v) is 9.49. The molecule has 8 nitrogen and oxygen atoms in total. The van der Waals surface area contributed by atoms with Gasteiger partial charge < -0.3 is 19.7 Å². The summed E-state index contributed by atoms with van der Waals surface area (Å²) in [7, 11) is 1.76. The third-order valence-corrected chi connectivity index (χ3v) is 4.87. The van der Waals surface area contributed by atoms with Crippen LogP contribution in [-0.4, -0.2) is 63.6 Å². The highest BCUT2D eigenvalue weighted by Crippen LogP contribution is 2.15. The Morgan fingerprint density at radius 3 is 2.59 bits per heavy atom. The number of rotatable bonds is 4. The lowest BCUT2D eigenvalue weighted by molar-refractivity contribution is 0.370. The van der Waals surface area contributed by atoms with Crippen LogP contribution < -0.4 is 10.2 Å². The van der Waals surface area contributed by atoms with Crippen molar-refractivity contribution < 1.29 is 4.39 Å². The first-order chi connectivity index (χ1) is 14.2. The van der Waals surface area contributed by atoms with Gasteiger partial charge in [-0.2, -0.15) is 0 Å². The molecule has 1 aromatic carbocycles. The van der Waals surface area contributed by atoms with Crippen LogP contribution in [0, 0.1) is 5.82 Å². The van der Waals surface area contributed by atoms with Gasteiger partial charge in [0, 0.05) is 64.6 Å². The lowest BCUT2D eigenvalue weighted by Crippen LogP contribution is -2.52. The molecule has 9 heteroatoms. The molecule has 0 radical (unpaired) electrons. The second kappa shape index (κ2) is 8.68. The molecule has 0 amide bonds. The van der Waals surface area contributed by atoms with E-state index in [4.69, 9.17) is 0 Å². The molecule has 0 spiro atoms. The lowest BCUT2D eigenvalue weighted by atomic mass is 10.2. The van der Waals surface area contributed by atoms with E-state index in [0.717, 1.165) is 43.7 Å². The Hall–Kier alpha value is -3.49. The fourth-order valence-corrected chi connectivity index (χ4v) is 3.36. The van der Waals surface area contributed by atoms with Crippen molar-refractivity contribution in [1.29, 1.82) is 0 Å². The Bertz CT molecular complexity index is 950. The van der Waals surface area contributed by atoms with Crippen molar-refractivity contribution in [2.75, 3.05) is 38.1 Å². The van der Waals surface area contributed by atoms with Crippen LogP contribution in [-0.2, 0) is 6.54 Å². The summed E-state index contributed by atoms with van der Waals surface area (Å²) in [4.78, 5) is 21.3. The number of guanidine groups is 1. The van der Waals surface area contributed by atoms with Gasteiger partial charge in [-0.05, 0) is 23.8 Å². The molecule has 3 heterocycles. The number of imidazole rings is 1. The van der Waals surface area contributed by atoms with Gasteiger partial charge in [-0.15, -0.1) is 0 Å². The molecule has 4 rings (SSSR count). The number of hydrogen-bond acceptors (Lipinski definition) is 5. The van der Waals surface area contributed by atoms with Crippen LogP contribution in [0.4, 0.5) is 10.3 Å². The minimum atomic E-state index is -0.284. The average Bonchev–Trinajstić information content (AvgIpc) is 3.30. The van der Waals surface area contributed by atoms with E-state index in [1.165, 1.54) is 0 Å². The predicted molar refractivity (Wildman–Crippen MR) is 110 cm³/mol. The Morgan fingerprint density at radius 1 is 1.14 bits per heavy atom. The molecule has 0 aliphatic carbocycles. The molecular formula is C20H23FN8.